The van der Waals surface area contributed by atoms with E-state index in [4.69, 9.17) is 5.11 Å². The van der Waals surface area contributed by atoms with Crippen molar-refractivity contribution in [2.24, 2.45) is 0 Å². The lowest BCUT2D eigenvalue weighted by atomic mass is 10.2. The Bertz CT molecular complexity index is 661. The second-order valence-corrected chi connectivity index (χ2v) is 4.55. The lowest BCUT2D eigenvalue weighted by Gasteiger charge is -2.06. The fourth-order valence-corrected chi connectivity index (χ4v) is 1.92. The zero-order chi connectivity index (χ0) is 15.4. The normalized spacial score (nSPS) is 10.4. The molecule has 0 unspecified atom stereocenters. The Labute approximate surface area is 121 Å². The Morgan fingerprint density at radius 1 is 1.38 bits per heavy atom. The van der Waals surface area contributed by atoms with Crippen LogP contribution in [0.25, 0.3) is 0 Å². The van der Waals surface area contributed by atoms with Gasteiger partial charge in [0.05, 0.1) is 29.7 Å². The summed E-state index contributed by atoms with van der Waals surface area (Å²) in [6.45, 7) is 4.34. The fraction of sp³-hybridized carbons (Fsp3) is 0.286. The largest absolute Gasteiger partial charge is 0.481 e. The summed E-state index contributed by atoms with van der Waals surface area (Å²) in [6.07, 6.45) is 1.30. The minimum absolute atomic E-state index is 0.143. The van der Waals surface area contributed by atoms with Crippen LogP contribution < -0.4 is 5.32 Å². The molecular formula is C14H16N4O3. The highest BCUT2D eigenvalue weighted by Gasteiger charge is 2.13. The van der Waals surface area contributed by atoms with E-state index in [0.717, 1.165) is 5.69 Å². The molecule has 0 saturated carbocycles. The summed E-state index contributed by atoms with van der Waals surface area (Å²) in [5, 5.41) is 15.6. The maximum atomic E-state index is 12.2. The zero-order valence-corrected chi connectivity index (χ0v) is 11.8. The Morgan fingerprint density at radius 3 is 2.71 bits per heavy atom. The van der Waals surface area contributed by atoms with Crippen LogP contribution in [0, 0.1) is 6.92 Å². The van der Waals surface area contributed by atoms with Gasteiger partial charge in [0.1, 0.15) is 5.69 Å². The zero-order valence-electron chi connectivity index (χ0n) is 11.8. The number of pyridine rings is 1. The number of nitrogens with zero attached hydrogens (tertiary/aromatic N) is 3. The molecule has 110 valence electrons. The van der Waals surface area contributed by atoms with E-state index in [0.29, 0.717) is 23.6 Å². The van der Waals surface area contributed by atoms with Gasteiger partial charge in [0, 0.05) is 6.54 Å². The number of carbonyl (C=O) groups is 2. The third kappa shape index (κ3) is 3.65. The van der Waals surface area contributed by atoms with Crippen LogP contribution >= 0.6 is 0 Å². The molecule has 2 rings (SSSR count). The van der Waals surface area contributed by atoms with Crippen molar-refractivity contribution < 1.29 is 14.7 Å². The predicted octanol–water partition coefficient (Wildman–Crippen LogP) is 1.49. The highest BCUT2D eigenvalue weighted by molar-refractivity contribution is 6.03. The minimum Gasteiger partial charge on any atom is -0.481 e. The van der Waals surface area contributed by atoms with E-state index >= 15 is 0 Å². The first kappa shape index (κ1) is 14.7. The first-order valence-corrected chi connectivity index (χ1v) is 6.52. The molecule has 0 bridgehead atoms. The van der Waals surface area contributed by atoms with E-state index in [1.54, 1.807) is 22.9 Å². The van der Waals surface area contributed by atoms with Crippen molar-refractivity contribution in [3.63, 3.8) is 0 Å². The average Bonchev–Trinajstić information content (AvgIpc) is 2.82. The highest BCUT2D eigenvalue weighted by Crippen LogP contribution is 2.10. The van der Waals surface area contributed by atoms with Crippen LogP contribution in [0.1, 0.15) is 28.8 Å². The van der Waals surface area contributed by atoms with E-state index in [2.05, 4.69) is 15.4 Å². The maximum absolute atomic E-state index is 12.2. The molecule has 1 amide bonds. The van der Waals surface area contributed by atoms with Gasteiger partial charge in [-0.25, -0.2) is 0 Å². The smallest absolute Gasteiger partial charge is 0.309 e. The summed E-state index contributed by atoms with van der Waals surface area (Å²) in [7, 11) is 0. The molecule has 0 saturated heterocycles. The van der Waals surface area contributed by atoms with Crippen LogP contribution in [0.4, 0.5) is 5.69 Å². The van der Waals surface area contributed by atoms with E-state index < -0.39 is 5.97 Å². The summed E-state index contributed by atoms with van der Waals surface area (Å²) in [4.78, 5) is 26.7. The van der Waals surface area contributed by atoms with E-state index in [1.165, 1.54) is 6.20 Å². The Balaban J connectivity index is 2.10. The molecule has 0 atom stereocenters. The van der Waals surface area contributed by atoms with Gasteiger partial charge < -0.3 is 10.4 Å². The van der Waals surface area contributed by atoms with Gasteiger partial charge in [-0.15, -0.1) is 0 Å². The van der Waals surface area contributed by atoms with Gasteiger partial charge in [-0.1, -0.05) is 0 Å². The van der Waals surface area contributed by atoms with Crippen LogP contribution in [-0.4, -0.2) is 31.7 Å². The number of hydrogen-bond acceptors (Lipinski definition) is 4. The molecule has 7 heteroatoms. The van der Waals surface area contributed by atoms with Crippen molar-refractivity contribution in [1.82, 2.24) is 14.8 Å². The SMILES string of the molecule is CCn1nc(C)cc1C(=O)Nc1ccc(CC(=O)O)nc1. The van der Waals surface area contributed by atoms with Crippen molar-refractivity contribution in [2.45, 2.75) is 26.8 Å². The van der Waals surface area contributed by atoms with Gasteiger partial charge in [-0.3, -0.25) is 19.3 Å². The fourth-order valence-electron chi connectivity index (χ4n) is 1.92. The number of rotatable bonds is 5. The standard InChI is InChI=1S/C14H16N4O3/c1-3-18-12(6-9(2)17-18)14(21)16-11-5-4-10(15-8-11)7-13(19)20/h4-6,8H,3,7H2,1-2H3,(H,16,21)(H,19,20). The first-order chi connectivity index (χ1) is 9.99. The molecule has 7 nitrogen and oxygen atoms in total. The molecule has 2 aromatic heterocycles. The number of aliphatic carboxylic acids is 1. The summed E-state index contributed by atoms with van der Waals surface area (Å²) >= 11 is 0. The molecule has 0 radical (unpaired) electrons. The molecule has 2 N–H and O–H groups in total. The topological polar surface area (TPSA) is 97.1 Å². The van der Waals surface area contributed by atoms with Crippen molar-refractivity contribution >= 4 is 17.6 Å². The van der Waals surface area contributed by atoms with Crippen LogP contribution in [-0.2, 0) is 17.8 Å². The average molecular weight is 288 g/mol. The number of nitrogens with one attached hydrogen (secondary N) is 1. The minimum atomic E-state index is -0.943. The Kier molecular flexibility index (Phi) is 4.32. The second-order valence-electron chi connectivity index (χ2n) is 4.55. The molecule has 0 aliphatic carbocycles. The van der Waals surface area contributed by atoms with E-state index in [9.17, 15) is 9.59 Å². The number of aromatic nitrogens is 3. The lowest BCUT2D eigenvalue weighted by molar-refractivity contribution is -0.136. The molecule has 0 spiro atoms. The first-order valence-electron chi connectivity index (χ1n) is 6.52. The van der Waals surface area contributed by atoms with Gasteiger partial charge in [0.25, 0.3) is 5.91 Å². The highest BCUT2D eigenvalue weighted by atomic mass is 16.4. The van der Waals surface area contributed by atoms with Crippen LogP contribution in [0.15, 0.2) is 24.4 Å². The lowest BCUT2D eigenvalue weighted by Crippen LogP contribution is -2.17. The van der Waals surface area contributed by atoms with Crippen molar-refractivity contribution in [1.29, 1.82) is 0 Å². The second kappa shape index (κ2) is 6.17. The number of aryl methyl sites for hydroxylation is 2. The molecule has 2 aromatic rings. The van der Waals surface area contributed by atoms with E-state index in [-0.39, 0.29) is 12.3 Å². The summed E-state index contributed by atoms with van der Waals surface area (Å²) in [5.41, 5.74) is 2.20. The van der Waals surface area contributed by atoms with E-state index in [1.807, 2.05) is 13.8 Å². The van der Waals surface area contributed by atoms with Crippen LogP contribution in [0.3, 0.4) is 0 Å². The van der Waals surface area contributed by atoms with Gasteiger partial charge in [-0.05, 0) is 32.0 Å². The molecule has 0 aliphatic rings. The number of amides is 1. The van der Waals surface area contributed by atoms with Crippen molar-refractivity contribution in [3.05, 3.63) is 41.5 Å². The van der Waals surface area contributed by atoms with Crippen LogP contribution in [0.5, 0.6) is 0 Å². The van der Waals surface area contributed by atoms with Gasteiger partial charge in [0.2, 0.25) is 0 Å². The molecule has 21 heavy (non-hydrogen) atoms. The predicted molar refractivity (Wildman–Crippen MR) is 76.2 cm³/mol. The Morgan fingerprint density at radius 2 is 2.14 bits per heavy atom. The number of carboxylic acid groups (broad SMARTS) is 1. The molecule has 0 fully saturated rings. The molecule has 0 aliphatic heterocycles. The third-order valence-electron chi connectivity index (χ3n) is 2.85. The number of anilines is 1. The number of carbonyl (C=O) groups excluding carboxylic acids is 1. The van der Waals surface area contributed by atoms with Crippen LogP contribution in [0.2, 0.25) is 0 Å². The third-order valence-corrected chi connectivity index (χ3v) is 2.85. The van der Waals surface area contributed by atoms with Crippen molar-refractivity contribution in [3.8, 4) is 0 Å². The molecule has 2 heterocycles. The number of carboxylic acids is 1. The number of hydrogen-bond donors (Lipinski definition) is 2. The quantitative estimate of drug-likeness (QED) is 0.868. The summed E-state index contributed by atoms with van der Waals surface area (Å²) in [5.74, 6) is -1.22. The Hall–Kier alpha value is -2.70. The molecule has 0 aromatic carbocycles. The summed E-state index contributed by atoms with van der Waals surface area (Å²) < 4.78 is 1.62. The molecular weight excluding hydrogens is 272 g/mol. The van der Waals surface area contributed by atoms with Gasteiger partial charge >= 0.3 is 5.97 Å². The maximum Gasteiger partial charge on any atom is 0.309 e. The van der Waals surface area contributed by atoms with Gasteiger partial charge in [0.15, 0.2) is 0 Å². The monoisotopic (exact) mass is 288 g/mol. The summed E-state index contributed by atoms with van der Waals surface area (Å²) in [6, 6.07) is 4.92. The van der Waals surface area contributed by atoms with Crippen molar-refractivity contribution in [2.75, 3.05) is 5.32 Å². The van der Waals surface area contributed by atoms with Gasteiger partial charge in [-0.2, -0.15) is 5.10 Å².